The third-order valence-corrected chi connectivity index (χ3v) is 2.20. The largest absolute Gasteiger partial charge is 0.336 e. The van der Waals surface area contributed by atoms with Crippen LogP contribution in [0.2, 0.25) is 0 Å². The molecule has 2 heteroatoms. The van der Waals surface area contributed by atoms with Gasteiger partial charge in [-0.05, 0) is 25.3 Å². The number of nitrogens with zero attached hydrogens (tertiary/aromatic N) is 2. The van der Waals surface area contributed by atoms with Crippen molar-refractivity contribution in [1.82, 2.24) is 4.90 Å². The van der Waals surface area contributed by atoms with E-state index in [-0.39, 0.29) is 0 Å². The van der Waals surface area contributed by atoms with Gasteiger partial charge in [-0.2, -0.15) is 0 Å². The van der Waals surface area contributed by atoms with E-state index in [1.165, 1.54) is 30.7 Å². The smallest absolute Gasteiger partial charge is 0.0895 e. The Balaban J connectivity index is 2.30. The summed E-state index contributed by atoms with van der Waals surface area (Å²) in [5.74, 6) is 0. The fraction of sp³-hybridized carbons (Fsp3) is 0.625. The second-order valence-electron chi connectivity index (χ2n) is 2.98. The van der Waals surface area contributed by atoms with Crippen molar-refractivity contribution in [1.29, 1.82) is 0 Å². The number of fused-ring (bicyclic) bond motifs is 1. The lowest BCUT2D eigenvalue weighted by Gasteiger charge is -2.19. The minimum absolute atomic E-state index is 0.922. The molecule has 2 aliphatic heterocycles. The van der Waals surface area contributed by atoms with Crippen LogP contribution in [0.15, 0.2) is 16.3 Å². The van der Waals surface area contributed by atoms with E-state index in [9.17, 15) is 0 Å². The van der Waals surface area contributed by atoms with Gasteiger partial charge in [-0.3, -0.25) is 4.99 Å². The quantitative estimate of drug-likeness (QED) is 0.491. The maximum atomic E-state index is 4.24. The summed E-state index contributed by atoms with van der Waals surface area (Å²) in [5.41, 5.74) is 2.98. The van der Waals surface area contributed by atoms with Gasteiger partial charge in [0.1, 0.15) is 0 Å². The number of aliphatic imine (C=N–C) groups is 1. The summed E-state index contributed by atoms with van der Waals surface area (Å²) in [5, 5.41) is 0. The van der Waals surface area contributed by atoms with Crippen LogP contribution >= 0.6 is 0 Å². The van der Waals surface area contributed by atoms with Gasteiger partial charge in [-0.25, -0.2) is 0 Å². The molecule has 0 bridgehead atoms. The summed E-state index contributed by atoms with van der Waals surface area (Å²) in [6, 6.07) is 0. The molecule has 0 atom stereocenters. The zero-order chi connectivity index (χ0) is 6.97. The Morgan fingerprint density at radius 1 is 1.60 bits per heavy atom. The van der Waals surface area contributed by atoms with Gasteiger partial charge < -0.3 is 4.90 Å². The molecule has 0 aromatic rings. The van der Waals surface area contributed by atoms with Crippen LogP contribution in [-0.2, 0) is 0 Å². The summed E-state index contributed by atoms with van der Waals surface area (Å²) in [6.07, 6.45) is 4.55. The zero-order valence-corrected chi connectivity index (χ0v) is 6.30. The number of allylic oxidation sites excluding steroid dienone is 1. The van der Waals surface area contributed by atoms with E-state index in [0.717, 1.165) is 6.54 Å². The van der Waals surface area contributed by atoms with Gasteiger partial charge in [0.15, 0.2) is 0 Å². The topological polar surface area (TPSA) is 15.6 Å². The normalized spacial score (nSPS) is 23.9. The molecule has 0 spiro atoms. The molecule has 0 aromatic heterocycles. The van der Waals surface area contributed by atoms with E-state index in [0.29, 0.717) is 0 Å². The van der Waals surface area contributed by atoms with Crippen molar-refractivity contribution in [2.45, 2.75) is 19.8 Å². The monoisotopic (exact) mass is 136 g/mol. The van der Waals surface area contributed by atoms with Crippen molar-refractivity contribution in [2.24, 2.45) is 4.99 Å². The molecule has 0 amide bonds. The third-order valence-electron chi connectivity index (χ3n) is 2.20. The Morgan fingerprint density at radius 2 is 2.50 bits per heavy atom. The molecule has 2 nitrogen and oxygen atoms in total. The van der Waals surface area contributed by atoms with Gasteiger partial charge in [0.05, 0.1) is 12.9 Å². The van der Waals surface area contributed by atoms with E-state index in [4.69, 9.17) is 0 Å². The third kappa shape index (κ3) is 0.753. The first kappa shape index (κ1) is 5.96. The predicted molar refractivity (Wildman–Crippen MR) is 42.0 cm³/mol. The van der Waals surface area contributed by atoms with Crippen molar-refractivity contribution in [3.05, 3.63) is 11.3 Å². The van der Waals surface area contributed by atoms with Crippen LogP contribution in [0.5, 0.6) is 0 Å². The Bertz CT molecular complexity index is 203. The minimum atomic E-state index is 0.922. The fourth-order valence-electron chi connectivity index (χ4n) is 1.65. The second-order valence-corrected chi connectivity index (χ2v) is 2.98. The highest BCUT2D eigenvalue weighted by atomic mass is 15.2. The predicted octanol–water partition coefficient (Wildman–Crippen LogP) is 1.40. The van der Waals surface area contributed by atoms with Crippen molar-refractivity contribution >= 4 is 6.34 Å². The maximum Gasteiger partial charge on any atom is 0.0895 e. The molecule has 2 rings (SSSR count). The number of hydrogen-bond acceptors (Lipinski definition) is 2. The first-order chi connectivity index (χ1) is 4.88. The fourth-order valence-corrected chi connectivity index (χ4v) is 1.65. The van der Waals surface area contributed by atoms with Crippen LogP contribution < -0.4 is 0 Å². The molecule has 0 aliphatic carbocycles. The Hall–Kier alpha value is -0.790. The number of hydrogen-bond donors (Lipinski definition) is 0. The highest BCUT2D eigenvalue weighted by molar-refractivity contribution is 5.61. The van der Waals surface area contributed by atoms with E-state index >= 15 is 0 Å². The highest BCUT2D eigenvalue weighted by Crippen LogP contribution is 2.24. The van der Waals surface area contributed by atoms with Crippen LogP contribution in [0.1, 0.15) is 19.8 Å². The van der Waals surface area contributed by atoms with Crippen LogP contribution in [-0.4, -0.2) is 24.3 Å². The summed E-state index contributed by atoms with van der Waals surface area (Å²) in [7, 11) is 0. The lowest BCUT2D eigenvalue weighted by atomic mass is 10.2. The van der Waals surface area contributed by atoms with Gasteiger partial charge in [0.25, 0.3) is 0 Å². The van der Waals surface area contributed by atoms with E-state index in [2.05, 4.69) is 16.8 Å². The van der Waals surface area contributed by atoms with Gasteiger partial charge in [-0.1, -0.05) is 0 Å². The first-order valence-corrected chi connectivity index (χ1v) is 3.83. The second kappa shape index (κ2) is 2.11. The van der Waals surface area contributed by atoms with Gasteiger partial charge in [0, 0.05) is 12.2 Å². The van der Waals surface area contributed by atoms with Crippen molar-refractivity contribution in [3.8, 4) is 0 Å². The SMILES string of the molecule is CC1=C2CCCN2C=NC1. The molecule has 0 unspecified atom stereocenters. The summed E-state index contributed by atoms with van der Waals surface area (Å²) >= 11 is 0. The Kier molecular flexibility index (Phi) is 1.26. The molecule has 2 aliphatic rings. The van der Waals surface area contributed by atoms with Crippen LogP contribution in [0.25, 0.3) is 0 Å². The van der Waals surface area contributed by atoms with Crippen molar-refractivity contribution in [3.63, 3.8) is 0 Å². The molecule has 10 heavy (non-hydrogen) atoms. The molecule has 54 valence electrons. The average Bonchev–Trinajstić information content (AvgIpc) is 2.36. The average molecular weight is 136 g/mol. The summed E-state index contributed by atoms with van der Waals surface area (Å²) in [4.78, 5) is 6.52. The van der Waals surface area contributed by atoms with Crippen molar-refractivity contribution < 1.29 is 0 Å². The molecule has 0 radical (unpaired) electrons. The van der Waals surface area contributed by atoms with Crippen molar-refractivity contribution in [2.75, 3.05) is 13.1 Å². The van der Waals surface area contributed by atoms with E-state index < -0.39 is 0 Å². The highest BCUT2D eigenvalue weighted by Gasteiger charge is 2.19. The Morgan fingerprint density at radius 3 is 3.30 bits per heavy atom. The number of rotatable bonds is 0. The molecule has 0 aromatic carbocycles. The van der Waals surface area contributed by atoms with Gasteiger partial charge in [-0.15, -0.1) is 0 Å². The molecule has 1 fully saturated rings. The van der Waals surface area contributed by atoms with Gasteiger partial charge in [0.2, 0.25) is 0 Å². The van der Waals surface area contributed by atoms with Gasteiger partial charge >= 0.3 is 0 Å². The summed E-state index contributed by atoms with van der Waals surface area (Å²) < 4.78 is 0. The van der Waals surface area contributed by atoms with Crippen LogP contribution in [0.3, 0.4) is 0 Å². The molecular weight excluding hydrogens is 124 g/mol. The van der Waals surface area contributed by atoms with Crippen LogP contribution in [0.4, 0.5) is 0 Å². The van der Waals surface area contributed by atoms with E-state index in [1.54, 1.807) is 0 Å². The lowest BCUT2D eigenvalue weighted by Crippen LogP contribution is -2.20. The summed E-state index contributed by atoms with van der Waals surface area (Å²) in [6.45, 7) is 4.28. The molecule has 1 saturated heterocycles. The van der Waals surface area contributed by atoms with E-state index in [1.807, 2.05) is 6.34 Å². The maximum absolute atomic E-state index is 4.24. The zero-order valence-electron chi connectivity index (χ0n) is 6.30. The first-order valence-electron chi connectivity index (χ1n) is 3.83. The molecule has 0 N–H and O–H groups in total. The molecular formula is C8H12N2. The van der Waals surface area contributed by atoms with Crippen LogP contribution in [0, 0.1) is 0 Å². The standard InChI is InChI=1S/C8H12N2/c1-7-5-9-6-10-4-2-3-8(7)10/h6H,2-5H2,1H3. The molecule has 0 saturated carbocycles. The lowest BCUT2D eigenvalue weighted by molar-refractivity contribution is 0.584. The Labute approximate surface area is 61.2 Å². The minimum Gasteiger partial charge on any atom is -0.336 e. The molecule has 2 heterocycles.